The van der Waals surface area contributed by atoms with Gasteiger partial charge in [0.05, 0.1) is 5.03 Å². The summed E-state index contributed by atoms with van der Waals surface area (Å²) in [6, 6.07) is 0. The molecule has 1 aliphatic rings. The number of hydrogen-bond donors (Lipinski definition) is 0. The van der Waals surface area contributed by atoms with E-state index in [-0.39, 0.29) is 11.5 Å². The highest BCUT2D eigenvalue weighted by atomic mass is 35.5. The first-order chi connectivity index (χ1) is 5.46. The number of rotatable bonds is 1. The summed E-state index contributed by atoms with van der Waals surface area (Å²) in [6.45, 7) is 0. The maximum absolute atomic E-state index is 12.8. The summed E-state index contributed by atoms with van der Waals surface area (Å²) in [6.07, 6.45) is 2.36. The van der Waals surface area contributed by atoms with Crippen LogP contribution in [0.25, 0.3) is 0 Å². The minimum absolute atomic E-state index is 0.0378. The molecule has 0 saturated heterocycles. The Bertz CT molecular complexity index is 284. The van der Waals surface area contributed by atoms with Gasteiger partial charge in [-0.05, 0) is 24.1 Å². The van der Waals surface area contributed by atoms with Crippen LogP contribution in [-0.4, -0.2) is 10.1 Å². The van der Waals surface area contributed by atoms with Crippen LogP contribution < -0.4 is 0 Å². The van der Waals surface area contributed by atoms with Crippen LogP contribution in [0.5, 0.6) is 0 Å². The Hall–Kier alpha value is -0.0500. The predicted molar refractivity (Wildman–Crippen MR) is 47.2 cm³/mol. The van der Waals surface area contributed by atoms with Gasteiger partial charge in [-0.3, -0.25) is 4.79 Å². The second-order valence-corrected chi connectivity index (χ2v) is 3.81. The van der Waals surface area contributed by atoms with Crippen molar-refractivity contribution in [1.82, 2.24) is 0 Å². The lowest BCUT2D eigenvalue weighted by molar-refractivity contribution is -0.113. The minimum atomic E-state index is -1.47. The van der Waals surface area contributed by atoms with Crippen LogP contribution >= 0.6 is 34.8 Å². The molecule has 1 atom stereocenters. The highest BCUT2D eigenvalue weighted by Crippen LogP contribution is 2.35. The molecule has 0 bridgehead atoms. The zero-order chi connectivity index (χ0) is 9.35. The standard InChI is InChI=1S/C7H4Cl3FO/c8-4-1-2-7(10,6(9)12)3-5(4)11/h1,3H,2H2. The molecule has 0 aromatic carbocycles. The first-order valence-electron chi connectivity index (χ1n) is 3.09. The molecule has 1 nitrogen and oxygen atoms in total. The quantitative estimate of drug-likeness (QED) is 0.499. The number of hydrogen-bond acceptors (Lipinski definition) is 1. The molecule has 5 heteroatoms. The van der Waals surface area contributed by atoms with E-state index in [0.717, 1.165) is 6.08 Å². The summed E-state index contributed by atoms with van der Waals surface area (Å²) >= 11 is 16.2. The summed E-state index contributed by atoms with van der Waals surface area (Å²) in [4.78, 5) is 9.25. The highest BCUT2D eigenvalue weighted by Gasteiger charge is 2.35. The molecule has 0 radical (unpaired) electrons. The summed E-state index contributed by atoms with van der Waals surface area (Å²) in [7, 11) is 0. The van der Waals surface area contributed by atoms with Gasteiger partial charge in [-0.25, -0.2) is 4.39 Å². The van der Waals surface area contributed by atoms with Gasteiger partial charge in [-0.1, -0.05) is 17.7 Å². The molecule has 1 rings (SSSR count). The monoisotopic (exact) mass is 228 g/mol. The van der Waals surface area contributed by atoms with Crippen molar-refractivity contribution < 1.29 is 9.18 Å². The Balaban J connectivity index is 2.98. The lowest BCUT2D eigenvalue weighted by Gasteiger charge is -2.20. The third-order valence-corrected chi connectivity index (χ3v) is 2.69. The number of carbonyl (C=O) groups excluding carboxylic acids is 1. The summed E-state index contributed by atoms with van der Waals surface area (Å²) in [5.74, 6) is -0.716. The number of carbonyl (C=O) groups is 1. The fourth-order valence-corrected chi connectivity index (χ4v) is 1.24. The van der Waals surface area contributed by atoms with E-state index >= 15 is 0 Å². The van der Waals surface area contributed by atoms with E-state index in [1.54, 1.807) is 0 Å². The van der Waals surface area contributed by atoms with Crippen molar-refractivity contribution in [3.05, 3.63) is 23.0 Å². The molecule has 12 heavy (non-hydrogen) atoms. The Labute approximate surface area is 83.8 Å². The molecule has 66 valence electrons. The second-order valence-electron chi connectivity index (χ2n) is 2.38. The Morgan fingerprint density at radius 2 is 2.25 bits per heavy atom. The Morgan fingerprint density at radius 1 is 1.67 bits per heavy atom. The first kappa shape index (κ1) is 10.0. The van der Waals surface area contributed by atoms with Gasteiger partial charge >= 0.3 is 0 Å². The first-order valence-corrected chi connectivity index (χ1v) is 4.22. The van der Waals surface area contributed by atoms with Crippen molar-refractivity contribution in [3.63, 3.8) is 0 Å². The van der Waals surface area contributed by atoms with E-state index in [4.69, 9.17) is 34.8 Å². The van der Waals surface area contributed by atoms with E-state index in [0.29, 0.717) is 0 Å². The van der Waals surface area contributed by atoms with Gasteiger partial charge in [0, 0.05) is 0 Å². The average Bonchev–Trinajstić information content (AvgIpc) is 1.97. The lowest BCUT2D eigenvalue weighted by Crippen LogP contribution is -2.27. The van der Waals surface area contributed by atoms with Crippen molar-refractivity contribution in [2.24, 2.45) is 0 Å². The molecule has 1 aliphatic carbocycles. The topological polar surface area (TPSA) is 17.1 Å². The maximum Gasteiger partial charge on any atom is 0.246 e. The molecule has 0 aromatic rings. The van der Waals surface area contributed by atoms with Crippen LogP contribution in [0.15, 0.2) is 23.0 Å². The number of halogens is 4. The predicted octanol–water partition coefficient (Wildman–Crippen LogP) is 3.11. The molecule has 0 fully saturated rings. The molecule has 0 saturated carbocycles. The van der Waals surface area contributed by atoms with Gasteiger partial charge in [0.25, 0.3) is 0 Å². The van der Waals surface area contributed by atoms with Crippen LogP contribution in [0, 0.1) is 0 Å². The summed E-state index contributed by atoms with van der Waals surface area (Å²) in [5, 5.41) is -0.844. The van der Waals surface area contributed by atoms with Crippen molar-refractivity contribution >= 4 is 40.0 Å². The van der Waals surface area contributed by atoms with Crippen LogP contribution in [0.3, 0.4) is 0 Å². The van der Waals surface area contributed by atoms with E-state index in [1.165, 1.54) is 6.08 Å². The van der Waals surface area contributed by atoms with Gasteiger partial charge in [-0.2, -0.15) is 0 Å². The fraction of sp³-hybridized carbons (Fsp3) is 0.286. The van der Waals surface area contributed by atoms with Gasteiger partial charge in [0.1, 0.15) is 10.7 Å². The Kier molecular flexibility index (Phi) is 2.81. The van der Waals surface area contributed by atoms with E-state index < -0.39 is 15.9 Å². The molecule has 0 amide bonds. The van der Waals surface area contributed by atoms with Gasteiger partial charge in [0.15, 0.2) is 0 Å². The zero-order valence-electron chi connectivity index (χ0n) is 5.78. The Morgan fingerprint density at radius 3 is 2.67 bits per heavy atom. The van der Waals surface area contributed by atoms with Crippen molar-refractivity contribution in [1.29, 1.82) is 0 Å². The summed E-state index contributed by atoms with van der Waals surface area (Å²) in [5.41, 5.74) is 0. The maximum atomic E-state index is 12.8. The molecule has 0 heterocycles. The highest BCUT2D eigenvalue weighted by molar-refractivity contribution is 6.71. The van der Waals surface area contributed by atoms with Crippen LogP contribution in [0.1, 0.15) is 6.42 Å². The molecular weight excluding hydrogens is 225 g/mol. The molecule has 0 aliphatic heterocycles. The van der Waals surface area contributed by atoms with Crippen LogP contribution in [-0.2, 0) is 4.79 Å². The number of alkyl halides is 1. The van der Waals surface area contributed by atoms with E-state index in [9.17, 15) is 9.18 Å². The molecule has 0 spiro atoms. The van der Waals surface area contributed by atoms with Crippen molar-refractivity contribution in [2.45, 2.75) is 11.3 Å². The average molecular weight is 229 g/mol. The SMILES string of the molecule is O=C(Cl)C1(Cl)C=C(F)C(Cl)=CC1. The molecule has 0 aromatic heterocycles. The second kappa shape index (κ2) is 3.36. The fourth-order valence-electron chi connectivity index (χ4n) is 0.801. The largest absolute Gasteiger partial charge is 0.279 e. The van der Waals surface area contributed by atoms with Crippen LogP contribution in [0.4, 0.5) is 4.39 Å². The van der Waals surface area contributed by atoms with Crippen molar-refractivity contribution in [2.75, 3.05) is 0 Å². The third-order valence-electron chi connectivity index (χ3n) is 1.49. The zero-order valence-corrected chi connectivity index (χ0v) is 8.05. The number of allylic oxidation sites excluding steroid dienone is 4. The van der Waals surface area contributed by atoms with E-state index in [2.05, 4.69) is 0 Å². The molecule has 1 unspecified atom stereocenters. The third kappa shape index (κ3) is 1.82. The van der Waals surface area contributed by atoms with Gasteiger partial charge in [0.2, 0.25) is 5.24 Å². The van der Waals surface area contributed by atoms with Gasteiger partial charge < -0.3 is 0 Å². The molecule has 0 N–H and O–H groups in total. The molecular formula is C7H4Cl3FO. The summed E-state index contributed by atoms with van der Waals surface area (Å²) < 4.78 is 12.8. The minimum Gasteiger partial charge on any atom is -0.279 e. The lowest BCUT2D eigenvalue weighted by atomic mass is 10.0. The van der Waals surface area contributed by atoms with Gasteiger partial charge in [-0.15, -0.1) is 11.6 Å². The van der Waals surface area contributed by atoms with Crippen LogP contribution in [0.2, 0.25) is 0 Å². The van der Waals surface area contributed by atoms with E-state index in [1.807, 2.05) is 0 Å². The smallest absolute Gasteiger partial charge is 0.246 e. The van der Waals surface area contributed by atoms with Crippen molar-refractivity contribution in [3.8, 4) is 0 Å². The normalized spacial score (nSPS) is 29.3.